The van der Waals surface area contributed by atoms with Gasteiger partial charge in [0.05, 0.1) is 0 Å². The number of hydrogen-bond donors (Lipinski definition) is 1. The Morgan fingerprint density at radius 1 is 1.43 bits per heavy atom. The molecule has 4 nitrogen and oxygen atoms in total. The Balaban J connectivity index is 2.01. The van der Waals surface area contributed by atoms with Crippen molar-refractivity contribution in [3.8, 4) is 0 Å². The van der Waals surface area contributed by atoms with E-state index in [0.717, 1.165) is 24.9 Å². The van der Waals surface area contributed by atoms with Crippen LogP contribution in [0.5, 0.6) is 0 Å². The van der Waals surface area contributed by atoms with Gasteiger partial charge in [0.25, 0.3) is 5.91 Å². The zero-order valence-corrected chi connectivity index (χ0v) is 13.4. The molecule has 0 radical (unpaired) electrons. The lowest BCUT2D eigenvalue weighted by atomic mass is 10.1. The predicted molar refractivity (Wildman–Crippen MR) is 83.5 cm³/mol. The Morgan fingerprint density at radius 3 is 2.71 bits per heavy atom. The van der Waals surface area contributed by atoms with Gasteiger partial charge in [0, 0.05) is 23.2 Å². The van der Waals surface area contributed by atoms with E-state index in [2.05, 4.69) is 5.32 Å². The van der Waals surface area contributed by atoms with Crippen molar-refractivity contribution >= 4 is 23.4 Å². The van der Waals surface area contributed by atoms with Gasteiger partial charge >= 0.3 is 0 Å². The van der Waals surface area contributed by atoms with Crippen LogP contribution in [0.3, 0.4) is 0 Å². The first-order valence-corrected chi connectivity index (χ1v) is 7.65. The third-order valence-electron chi connectivity index (χ3n) is 3.99. The number of nitrogens with zero attached hydrogens (tertiary/aromatic N) is 1. The molecule has 0 saturated carbocycles. The number of carbonyl (C=O) groups is 2. The first-order chi connectivity index (χ1) is 9.90. The minimum Gasteiger partial charge on any atom is -0.341 e. The maximum atomic E-state index is 12.3. The molecule has 1 aromatic rings. The minimum absolute atomic E-state index is 0.0217. The highest BCUT2D eigenvalue weighted by molar-refractivity contribution is 6.31. The Morgan fingerprint density at radius 2 is 2.14 bits per heavy atom. The van der Waals surface area contributed by atoms with Crippen molar-refractivity contribution in [2.45, 2.75) is 45.7 Å². The van der Waals surface area contributed by atoms with Gasteiger partial charge in [-0.05, 0) is 51.3 Å². The van der Waals surface area contributed by atoms with Crippen LogP contribution in [0.4, 0.5) is 0 Å². The van der Waals surface area contributed by atoms with Crippen LogP contribution in [0.1, 0.15) is 42.6 Å². The first-order valence-electron chi connectivity index (χ1n) is 7.27. The average Bonchev–Trinajstić information content (AvgIpc) is 2.87. The molecule has 0 bridgehead atoms. The van der Waals surface area contributed by atoms with Gasteiger partial charge < -0.3 is 10.2 Å². The van der Waals surface area contributed by atoms with E-state index < -0.39 is 6.04 Å². The number of likely N-dealkylation sites (tertiary alicyclic amines) is 1. The summed E-state index contributed by atoms with van der Waals surface area (Å²) < 4.78 is 0. The van der Waals surface area contributed by atoms with Crippen molar-refractivity contribution in [2.75, 3.05) is 6.54 Å². The standard InChI is InChI=1S/C16H21ClN2O2/c1-10-6-7-13(9-14(10)17)15(20)18-12(3)16(21)19-8-4-5-11(19)2/h6-7,9,11-12H,4-5,8H2,1-3H3,(H,18,20)/t11-,12?/m1/s1. The first kappa shape index (κ1) is 15.8. The number of rotatable bonds is 3. The van der Waals surface area contributed by atoms with Gasteiger partial charge in [-0.3, -0.25) is 9.59 Å². The fraction of sp³-hybridized carbons (Fsp3) is 0.500. The zero-order chi connectivity index (χ0) is 15.6. The van der Waals surface area contributed by atoms with Crippen LogP contribution in [0.2, 0.25) is 5.02 Å². The predicted octanol–water partition coefficient (Wildman–Crippen LogP) is 2.78. The number of carbonyl (C=O) groups excluding carboxylic acids is 2. The Labute approximate surface area is 130 Å². The zero-order valence-electron chi connectivity index (χ0n) is 12.6. The lowest BCUT2D eigenvalue weighted by Gasteiger charge is -2.25. The number of hydrogen-bond acceptors (Lipinski definition) is 2. The summed E-state index contributed by atoms with van der Waals surface area (Å²) in [5, 5.41) is 3.30. The fourth-order valence-electron chi connectivity index (χ4n) is 2.59. The van der Waals surface area contributed by atoms with E-state index in [4.69, 9.17) is 11.6 Å². The molecule has 5 heteroatoms. The van der Waals surface area contributed by atoms with Gasteiger partial charge in [-0.2, -0.15) is 0 Å². The molecule has 0 aliphatic carbocycles. The molecule has 1 fully saturated rings. The van der Waals surface area contributed by atoms with E-state index in [0.29, 0.717) is 10.6 Å². The summed E-state index contributed by atoms with van der Waals surface area (Å²) in [5.74, 6) is -0.295. The molecule has 2 atom stereocenters. The van der Waals surface area contributed by atoms with E-state index in [9.17, 15) is 9.59 Å². The SMILES string of the molecule is Cc1ccc(C(=O)NC(C)C(=O)N2CCC[C@H]2C)cc1Cl. The summed E-state index contributed by atoms with van der Waals surface area (Å²) in [6.07, 6.45) is 2.06. The van der Waals surface area contributed by atoms with Gasteiger partial charge in [0.1, 0.15) is 6.04 Å². The van der Waals surface area contributed by atoms with E-state index in [-0.39, 0.29) is 17.9 Å². The normalized spacial score (nSPS) is 19.4. The molecule has 2 rings (SSSR count). The van der Waals surface area contributed by atoms with Crippen molar-refractivity contribution in [1.82, 2.24) is 10.2 Å². The summed E-state index contributed by atoms with van der Waals surface area (Å²) in [4.78, 5) is 26.3. The lowest BCUT2D eigenvalue weighted by Crippen LogP contribution is -2.47. The van der Waals surface area contributed by atoms with E-state index in [1.54, 1.807) is 25.1 Å². The summed E-state index contributed by atoms with van der Waals surface area (Å²) in [7, 11) is 0. The second kappa shape index (κ2) is 6.48. The van der Waals surface area contributed by atoms with Crippen LogP contribution in [0.25, 0.3) is 0 Å². The van der Waals surface area contributed by atoms with Crippen molar-refractivity contribution in [3.05, 3.63) is 34.3 Å². The third kappa shape index (κ3) is 3.56. The molecule has 1 aromatic carbocycles. The molecule has 2 amide bonds. The molecule has 0 aromatic heterocycles. The fourth-order valence-corrected chi connectivity index (χ4v) is 2.77. The molecule has 1 aliphatic rings. The van der Waals surface area contributed by atoms with Gasteiger partial charge in [0.2, 0.25) is 5.91 Å². The largest absolute Gasteiger partial charge is 0.341 e. The van der Waals surface area contributed by atoms with Crippen LogP contribution in [0.15, 0.2) is 18.2 Å². The van der Waals surface area contributed by atoms with Gasteiger partial charge in [-0.25, -0.2) is 0 Å². The molecular weight excluding hydrogens is 288 g/mol. The van der Waals surface area contributed by atoms with Gasteiger partial charge in [-0.1, -0.05) is 17.7 Å². The van der Waals surface area contributed by atoms with E-state index in [1.807, 2.05) is 18.7 Å². The summed E-state index contributed by atoms with van der Waals surface area (Å²) in [6.45, 7) is 6.42. The second-order valence-corrected chi connectivity index (χ2v) is 6.09. The number of benzene rings is 1. The molecule has 21 heavy (non-hydrogen) atoms. The summed E-state index contributed by atoms with van der Waals surface area (Å²) in [5.41, 5.74) is 1.39. The number of halogens is 1. The van der Waals surface area contributed by atoms with Gasteiger partial charge in [-0.15, -0.1) is 0 Å². The van der Waals surface area contributed by atoms with Crippen LogP contribution in [-0.4, -0.2) is 35.3 Å². The van der Waals surface area contributed by atoms with Crippen molar-refractivity contribution < 1.29 is 9.59 Å². The van der Waals surface area contributed by atoms with Crippen molar-refractivity contribution in [2.24, 2.45) is 0 Å². The Bertz CT molecular complexity index is 559. The molecule has 1 unspecified atom stereocenters. The molecule has 1 aliphatic heterocycles. The molecule has 1 saturated heterocycles. The molecule has 1 heterocycles. The number of nitrogens with one attached hydrogen (secondary N) is 1. The monoisotopic (exact) mass is 308 g/mol. The Kier molecular flexibility index (Phi) is 4.88. The van der Waals surface area contributed by atoms with Crippen LogP contribution >= 0.6 is 11.6 Å². The Hall–Kier alpha value is -1.55. The molecular formula is C16H21ClN2O2. The molecule has 1 N–H and O–H groups in total. The molecule has 0 spiro atoms. The highest BCUT2D eigenvalue weighted by Crippen LogP contribution is 2.18. The van der Waals surface area contributed by atoms with E-state index >= 15 is 0 Å². The van der Waals surface area contributed by atoms with Gasteiger partial charge in [0.15, 0.2) is 0 Å². The van der Waals surface area contributed by atoms with E-state index in [1.165, 1.54) is 0 Å². The highest BCUT2D eigenvalue weighted by atomic mass is 35.5. The second-order valence-electron chi connectivity index (χ2n) is 5.68. The lowest BCUT2D eigenvalue weighted by molar-refractivity contribution is -0.133. The van der Waals surface area contributed by atoms with Crippen molar-refractivity contribution in [1.29, 1.82) is 0 Å². The quantitative estimate of drug-likeness (QED) is 0.933. The van der Waals surface area contributed by atoms with Crippen LogP contribution in [-0.2, 0) is 4.79 Å². The minimum atomic E-state index is -0.530. The van der Waals surface area contributed by atoms with Crippen LogP contribution in [0, 0.1) is 6.92 Å². The highest BCUT2D eigenvalue weighted by Gasteiger charge is 2.29. The molecule has 114 valence electrons. The van der Waals surface area contributed by atoms with Crippen LogP contribution < -0.4 is 5.32 Å². The number of amides is 2. The maximum Gasteiger partial charge on any atom is 0.251 e. The third-order valence-corrected chi connectivity index (χ3v) is 4.40. The number of aryl methyl sites for hydroxylation is 1. The van der Waals surface area contributed by atoms with Crippen molar-refractivity contribution in [3.63, 3.8) is 0 Å². The topological polar surface area (TPSA) is 49.4 Å². The average molecular weight is 309 g/mol. The maximum absolute atomic E-state index is 12.3. The smallest absolute Gasteiger partial charge is 0.251 e. The summed E-state index contributed by atoms with van der Waals surface area (Å²) >= 11 is 6.02. The summed E-state index contributed by atoms with van der Waals surface area (Å²) in [6, 6.07) is 4.87.